The van der Waals surface area contributed by atoms with Crippen molar-refractivity contribution in [2.24, 2.45) is 0 Å². The molecule has 2 heterocycles. The van der Waals surface area contributed by atoms with Gasteiger partial charge in [0.25, 0.3) is 0 Å². The minimum Gasteiger partial charge on any atom is -0.493 e. The summed E-state index contributed by atoms with van der Waals surface area (Å²) in [4.78, 5) is 2.58. The normalized spacial score (nSPS) is 24.6. The molecular weight excluding hydrogens is 262 g/mol. The number of nitrogens with zero attached hydrogens (tertiary/aromatic N) is 1. The van der Waals surface area contributed by atoms with Gasteiger partial charge in [-0.3, -0.25) is 4.90 Å². The summed E-state index contributed by atoms with van der Waals surface area (Å²) >= 11 is 0. The summed E-state index contributed by atoms with van der Waals surface area (Å²) in [6.45, 7) is 10.6. The fraction of sp³-hybridized carbons (Fsp3) is 0.667. The summed E-state index contributed by atoms with van der Waals surface area (Å²) < 4.78 is 11.4. The molecule has 0 N–H and O–H groups in total. The van der Waals surface area contributed by atoms with E-state index in [0.717, 1.165) is 44.9 Å². The monoisotopic (exact) mass is 289 g/mol. The van der Waals surface area contributed by atoms with Gasteiger partial charge in [0.2, 0.25) is 0 Å². The van der Waals surface area contributed by atoms with Crippen LogP contribution in [-0.2, 0) is 17.6 Å². The Kier molecular flexibility index (Phi) is 4.23. The summed E-state index contributed by atoms with van der Waals surface area (Å²) in [7, 11) is 0. The summed E-state index contributed by atoms with van der Waals surface area (Å²) in [5, 5.41) is 0. The Hall–Kier alpha value is -1.06. The summed E-state index contributed by atoms with van der Waals surface area (Å²) in [5.74, 6) is 1.09. The molecule has 0 aliphatic carbocycles. The van der Waals surface area contributed by atoms with E-state index in [1.807, 2.05) is 0 Å². The largest absolute Gasteiger partial charge is 0.493 e. The maximum absolute atomic E-state index is 5.78. The molecule has 0 bridgehead atoms. The van der Waals surface area contributed by atoms with Crippen LogP contribution >= 0.6 is 0 Å². The van der Waals surface area contributed by atoms with Gasteiger partial charge >= 0.3 is 0 Å². The van der Waals surface area contributed by atoms with Crippen LogP contribution in [-0.4, -0.2) is 42.8 Å². The second kappa shape index (κ2) is 5.98. The fourth-order valence-corrected chi connectivity index (χ4v) is 3.31. The Labute approximate surface area is 128 Å². The number of fused-ring (bicyclic) bond motifs is 1. The highest BCUT2D eigenvalue weighted by Gasteiger charge is 2.32. The number of rotatable bonds is 4. The van der Waals surface area contributed by atoms with Gasteiger partial charge < -0.3 is 9.47 Å². The lowest BCUT2D eigenvalue weighted by Crippen LogP contribution is -2.55. The quantitative estimate of drug-likeness (QED) is 0.850. The average Bonchev–Trinajstić information content (AvgIpc) is 2.90. The Bertz CT molecular complexity index is 498. The molecule has 3 heteroatoms. The van der Waals surface area contributed by atoms with Crippen LogP contribution < -0.4 is 4.74 Å². The van der Waals surface area contributed by atoms with E-state index in [4.69, 9.17) is 9.47 Å². The van der Waals surface area contributed by atoms with Gasteiger partial charge in [0.1, 0.15) is 5.75 Å². The Balaban J connectivity index is 1.53. The molecule has 0 saturated carbocycles. The van der Waals surface area contributed by atoms with E-state index in [1.165, 1.54) is 17.5 Å². The van der Waals surface area contributed by atoms with Crippen LogP contribution in [0.3, 0.4) is 0 Å². The minimum atomic E-state index is 0.165. The number of morpholine rings is 1. The third-order valence-electron chi connectivity index (χ3n) is 4.70. The molecule has 2 aliphatic heterocycles. The first-order chi connectivity index (χ1) is 10.0. The molecule has 3 nitrogen and oxygen atoms in total. The first kappa shape index (κ1) is 14.9. The zero-order valence-electron chi connectivity index (χ0n) is 13.5. The van der Waals surface area contributed by atoms with Crippen molar-refractivity contribution in [3.8, 4) is 5.75 Å². The van der Waals surface area contributed by atoms with Gasteiger partial charge in [-0.05, 0) is 57.4 Å². The van der Waals surface area contributed by atoms with Crippen molar-refractivity contribution in [2.75, 3.05) is 26.3 Å². The number of ether oxygens (including phenoxy) is 2. The number of benzene rings is 1. The molecule has 1 atom stereocenters. The minimum absolute atomic E-state index is 0.165. The molecule has 1 unspecified atom stereocenters. The second-order valence-electron chi connectivity index (χ2n) is 7.02. The van der Waals surface area contributed by atoms with Crippen molar-refractivity contribution >= 4 is 0 Å². The van der Waals surface area contributed by atoms with Crippen molar-refractivity contribution < 1.29 is 9.47 Å². The van der Waals surface area contributed by atoms with Crippen LogP contribution in [0.25, 0.3) is 0 Å². The van der Waals surface area contributed by atoms with E-state index < -0.39 is 0 Å². The van der Waals surface area contributed by atoms with E-state index >= 15 is 0 Å². The smallest absolute Gasteiger partial charge is 0.122 e. The summed E-state index contributed by atoms with van der Waals surface area (Å²) in [6.07, 6.45) is 3.78. The lowest BCUT2D eigenvalue weighted by Gasteiger charge is -2.44. The second-order valence-corrected chi connectivity index (χ2v) is 7.02. The van der Waals surface area contributed by atoms with E-state index in [-0.39, 0.29) is 5.54 Å². The Morgan fingerprint density at radius 2 is 2.19 bits per heavy atom. The molecule has 1 saturated heterocycles. The van der Waals surface area contributed by atoms with Crippen molar-refractivity contribution in [1.82, 2.24) is 4.90 Å². The van der Waals surface area contributed by atoms with Crippen LogP contribution in [0.15, 0.2) is 18.2 Å². The lowest BCUT2D eigenvalue weighted by molar-refractivity contribution is -0.0912. The van der Waals surface area contributed by atoms with Gasteiger partial charge in [-0.15, -0.1) is 0 Å². The van der Waals surface area contributed by atoms with Gasteiger partial charge in [0.15, 0.2) is 0 Å². The van der Waals surface area contributed by atoms with Gasteiger partial charge in [-0.1, -0.05) is 12.1 Å². The molecule has 1 aromatic carbocycles. The van der Waals surface area contributed by atoms with Gasteiger partial charge in [0.05, 0.1) is 19.3 Å². The van der Waals surface area contributed by atoms with E-state index in [2.05, 4.69) is 43.9 Å². The number of hydrogen-bond acceptors (Lipinski definition) is 3. The van der Waals surface area contributed by atoms with Crippen LogP contribution in [0.4, 0.5) is 0 Å². The molecule has 0 aromatic heterocycles. The van der Waals surface area contributed by atoms with Crippen molar-refractivity contribution in [3.05, 3.63) is 29.3 Å². The first-order valence-corrected chi connectivity index (χ1v) is 8.16. The molecule has 0 spiro atoms. The van der Waals surface area contributed by atoms with Gasteiger partial charge in [-0.2, -0.15) is 0 Å². The molecule has 116 valence electrons. The summed E-state index contributed by atoms with van der Waals surface area (Å²) in [6, 6.07) is 6.69. The topological polar surface area (TPSA) is 21.7 Å². The number of hydrogen-bond donors (Lipinski definition) is 0. The molecule has 21 heavy (non-hydrogen) atoms. The zero-order valence-corrected chi connectivity index (χ0v) is 13.5. The molecule has 1 fully saturated rings. The highest BCUT2D eigenvalue weighted by molar-refractivity contribution is 5.39. The average molecular weight is 289 g/mol. The third-order valence-corrected chi connectivity index (χ3v) is 4.70. The Morgan fingerprint density at radius 3 is 3.05 bits per heavy atom. The summed E-state index contributed by atoms with van der Waals surface area (Å²) in [5.41, 5.74) is 2.99. The van der Waals surface area contributed by atoms with Crippen LogP contribution in [0, 0.1) is 0 Å². The molecular formula is C18H27NO2. The standard InChI is InChI=1S/C18H27NO2/c1-14-12-19(18(2,3)13-21-14)9-4-5-15-6-7-17-16(11-15)8-10-20-17/h6-7,11,14H,4-5,8-10,12-13H2,1-3H3. The van der Waals surface area contributed by atoms with E-state index in [9.17, 15) is 0 Å². The molecule has 0 radical (unpaired) electrons. The first-order valence-electron chi connectivity index (χ1n) is 8.16. The zero-order chi connectivity index (χ0) is 14.9. The third kappa shape index (κ3) is 3.41. The SMILES string of the molecule is CC1CN(CCCc2ccc3c(c2)CCO3)C(C)(C)CO1. The van der Waals surface area contributed by atoms with Gasteiger partial charge in [0, 0.05) is 18.5 Å². The highest BCUT2D eigenvalue weighted by atomic mass is 16.5. The van der Waals surface area contributed by atoms with Gasteiger partial charge in [-0.25, -0.2) is 0 Å². The molecule has 2 aliphatic rings. The molecule has 1 aromatic rings. The van der Waals surface area contributed by atoms with Crippen LogP contribution in [0.5, 0.6) is 5.75 Å². The lowest BCUT2D eigenvalue weighted by atomic mass is 9.99. The van der Waals surface area contributed by atoms with Crippen molar-refractivity contribution in [1.29, 1.82) is 0 Å². The number of aryl methyl sites for hydroxylation is 1. The van der Waals surface area contributed by atoms with Crippen LogP contribution in [0.1, 0.15) is 38.3 Å². The molecule has 3 rings (SSSR count). The Morgan fingerprint density at radius 1 is 1.33 bits per heavy atom. The highest BCUT2D eigenvalue weighted by Crippen LogP contribution is 2.27. The predicted molar refractivity (Wildman–Crippen MR) is 85.0 cm³/mol. The van der Waals surface area contributed by atoms with Crippen molar-refractivity contribution in [2.45, 2.75) is 51.7 Å². The molecule has 0 amide bonds. The predicted octanol–water partition coefficient (Wildman–Crippen LogP) is 3.05. The maximum Gasteiger partial charge on any atom is 0.122 e. The van der Waals surface area contributed by atoms with E-state index in [0.29, 0.717) is 6.10 Å². The van der Waals surface area contributed by atoms with Crippen molar-refractivity contribution in [3.63, 3.8) is 0 Å². The van der Waals surface area contributed by atoms with Crippen LogP contribution in [0.2, 0.25) is 0 Å². The fourth-order valence-electron chi connectivity index (χ4n) is 3.31. The van der Waals surface area contributed by atoms with E-state index in [1.54, 1.807) is 0 Å². The maximum atomic E-state index is 5.78.